The number of ether oxygens (including phenoxy) is 1. The molecule has 2 aliphatic heterocycles. The first kappa shape index (κ1) is 18.3. The van der Waals surface area contributed by atoms with Crippen LogP contribution in [0.4, 0.5) is 4.39 Å². The minimum atomic E-state index is -0.391. The zero-order valence-electron chi connectivity index (χ0n) is 16.2. The number of carbonyl (C=O) groups is 1. The van der Waals surface area contributed by atoms with Crippen molar-refractivity contribution in [3.63, 3.8) is 0 Å². The molecule has 0 bridgehead atoms. The zero-order chi connectivity index (χ0) is 19.1. The summed E-state index contributed by atoms with van der Waals surface area (Å²) in [5.74, 6) is -0.0290. The van der Waals surface area contributed by atoms with Crippen LogP contribution in [0.2, 0.25) is 0 Å². The number of carbonyl (C=O) groups excluding carboxylic acids is 1. The van der Waals surface area contributed by atoms with E-state index in [1.54, 1.807) is 6.07 Å². The lowest BCUT2D eigenvalue weighted by Crippen LogP contribution is -2.61. The van der Waals surface area contributed by atoms with Crippen LogP contribution in [-0.2, 0) is 4.79 Å². The molecule has 1 aromatic rings. The van der Waals surface area contributed by atoms with Gasteiger partial charge in [-0.05, 0) is 43.5 Å². The molecule has 3 aliphatic rings. The predicted octanol–water partition coefficient (Wildman–Crippen LogP) is 1.69. The summed E-state index contributed by atoms with van der Waals surface area (Å²) in [6.45, 7) is 5.43. The lowest BCUT2D eigenvalue weighted by Gasteiger charge is -2.47. The van der Waals surface area contributed by atoms with Gasteiger partial charge in [0.15, 0.2) is 11.6 Å². The summed E-state index contributed by atoms with van der Waals surface area (Å²) in [5.41, 5.74) is 2.66. The lowest BCUT2D eigenvalue weighted by molar-refractivity contribution is -0.150. The lowest BCUT2D eigenvalue weighted by atomic mass is 9.96. The molecule has 4 rings (SSSR count). The Hall–Kier alpha value is -2.12. The van der Waals surface area contributed by atoms with Crippen LogP contribution in [0.3, 0.4) is 0 Å². The van der Waals surface area contributed by atoms with Gasteiger partial charge >= 0.3 is 0 Å². The second-order valence-electron chi connectivity index (χ2n) is 7.51. The number of hydrazine groups is 1. The molecule has 1 aromatic carbocycles. The molecule has 1 amide bonds. The maximum Gasteiger partial charge on any atom is 0.263 e. The normalized spacial score (nSPS) is 24.6. The van der Waals surface area contributed by atoms with Crippen LogP contribution in [0.5, 0.6) is 5.75 Å². The van der Waals surface area contributed by atoms with Crippen molar-refractivity contribution < 1.29 is 13.9 Å². The molecule has 1 N–H and O–H groups in total. The molecule has 27 heavy (non-hydrogen) atoms. The molecule has 1 atom stereocenters. The van der Waals surface area contributed by atoms with Gasteiger partial charge in [-0.1, -0.05) is 0 Å². The van der Waals surface area contributed by atoms with Crippen molar-refractivity contribution in [1.29, 1.82) is 0 Å². The zero-order valence-corrected chi connectivity index (χ0v) is 16.2. The van der Waals surface area contributed by atoms with Gasteiger partial charge in [0, 0.05) is 38.8 Å². The van der Waals surface area contributed by atoms with Crippen molar-refractivity contribution in [3.05, 3.63) is 35.2 Å². The number of hydrogen-bond acceptors (Lipinski definition) is 5. The Morgan fingerprint density at radius 2 is 1.93 bits per heavy atom. The Balaban J connectivity index is 1.79. The van der Waals surface area contributed by atoms with Gasteiger partial charge in [-0.3, -0.25) is 14.7 Å². The van der Waals surface area contributed by atoms with Crippen molar-refractivity contribution in [3.8, 4) is 5.75 Å². The molecule has 2 fully saturated rings. The number of benzene rings is 1. The average molecular weight is 374 g/mol. The quantitative estimate of drug-likeness (QED) is 0.869. The molecular formula is C20H27FN4O2. The third-order valence-electron chi connectivity index (χ3n) is 5.72. The van der Waals surface area contributed by atoms with Crippen LogP contribution in [-0.4, -0.2) is 73.2 Å². The molecular weight excluding hydrogens is 347 g/mol. The second kappa shape index (κ2) is 7.13. The summed E-state index contributed by atoms with van der Waals surface area (Å²) < 4.78 is 19.5. The van der Waals surface area contributed by atoms with Crippen molar-refractivity contribution in [2.75, 3.05) is 40.3 Å². The third kappa shape index (κ3) is 3.19. The highest BCUT2D eigenvalue weighted by Gasteiger charge is 2.46. The van der Waals surface area contributed by atoms with E-state index in [9.17, 15) is 9.18 Å². The minimum absolute atomic E-state index is 0.136. The van der Waals surface area contributed by atoms with Gasteiger partial charge < -0.3 is 10.1 Å². The van der Waals surface area contributed by atoms with Crippen LogP contribution < -0.4 is 10.1 Å². The highest BCUT2D eigenvalue weighted by molar-refractivity contribution is 5.91. The van der Waals surface area contributed by atoms with Crippen molar-refractivity contribution in [1.82, 2.24) is 20.2 Å². The van der Waals surface area contributed by atoms with Crippen molar-refractivity contribution >= 4 is 11.6 Å². The van der Waals surface area contributed by atoms with Gasteiger partial charge in [0.05, 0.1) is 18.8 Å². The van der Waals surface area contributed by atoms with E-state index in [1.807, 2.05) is 30.1 Å². The molecule has 146 valence electrons. The number of nitrogens with zero attached hydrogens (tertiary/aromatic N) is 3. The SMILES string of the molecule is COc1ccc(C2=C(C)C(N3CCNCC3)C(=O)N(C3CC3)N2C)cc1F. The van der Waals surface area contributed by atoms with Crippen LogP contribution in [0.15, 0.2) is 23.8 Å². The molecule has 7 heteroatoms. The van der Waals surface area contributed by atoms with E-state index >= 15 is 0 Å². The van der Waals surface area contributed by atoms with Gasteiger partial charge in [-0.25, -0.2) is 9.40 Å². The number of nitrogens with one attached hydrogen (secondary N) is 1. The molecule has 1 saturated heterocycles. The first-order chi connectivity index (χ1) is 13.0. The van der Waals surface area contributed by atoms with Gasteiger partial charge in [0.2, 0.25) is 0 Å². The number of piperazine rings is 1. The van der Waals surface area contributed by atoms with Crippen LogP contribution in [0, 0.1) is 5.82 Å². The average Bonchev–Trinajstić information content (AvgIpc) is 3.48. The first-order valence-corrected chi connectivity index (χ1v) is 9.59. The number of methoxy groups -OCH3 is 1. The number of amides is 1. The van der Waals surface area contributed by atoms with E-state index in [0.717, 1.165) is 55.9 Å². The molecule has 0 aromatic heterocycles. The van der Waals surface area contributed by atoms with E-state index < -0.39 is 5.82 Å². The Kier molecular flexibility index (Phi) is 4.82. The van der Waals surface area contributed by atoms with Gasteiger partial charge in [0.1, 0.15) is 6.04 Å². The summed E-state index contributed by atoms with van der Waals surface area (Å²) in [6, 6.07) is 4.98. The molecule has 0 radical (unpaired) electrons. The summed E-state index contributed by atoms with van der Waals surface area (Å²) in [6.07, 6.45) is 2.04. The fraction of sp³-hybridized carbons (Fsp3) is 0.550. The van der Waals surface area contributed by atoms with Crippen molar-refractivity contribution in [2.24, 2.45) is 0 Å². The largest absolute Gasteiger partial charge is 0.494 e. The Morgan fingerprint density at radius 1 is 1.22 bits per heavy atom. The molecule has 1 unspecified atom stereocenters. The summed E-state index contributed by atoms with van der Waals surface area (Å²) in [5, 5.41) is 7.16. The summed E-state index contributed by atoms with van der Waals surface area (Å²) in [7, 11) is 3.37. The monoisotopic (exact) mass is 374 g/mol. The van der Waals surface area contributed by atoms with Crippen molar-refractivity contribution in [2.45, 2.75) is 31.8 Å². The van der Waals surface area contributed by atoms with Gasteiger partial charge in [-0.2, -0.15) is 0 Å². The minimum Gasteiger partial charge on any atom is -0.494 e. The Bertz CT molecular complexity index is 771. The number of halogens is 1. The second-order valence-corrected chi connectivity index (χ2v) is 7.51. The number of hydrogen-bond donors (Lipinski definition) is 1. The molecule has 1 aliphatic carbocycles. The molecule has 1 saturated carbocycles. The van der Waals surface area contributed by atoms with Crippen LogP contribution >= 0.6 is 0 Å². The van der Waals surface area contributed by atoms with E-state index in [4.69, 9.17) is 4.74 Å². The fourth-order valence-electron chi connectivity index (χ4n) is 4.29. The molecule has 0 spiro atoms. The predicted molar refractivity (Wildman–Crippen MR) is 101 cm³/mol. The van der Waals surface area contributed by atoms with E-state index in [0.29, 0.717) is 0 Å². The molecule has 2 heterocycles. The highest BCUT2D eigenvalue weighted by atomic mass is 19.1. The Labute approximate surface area is 159 Å². The third-order valence-corrected chi connectivity index (χ3v) is 5.72. The first-order valence-electron chi connectivity index (χ1n) is 9.59. The maximum absolute atomic E-state index is 14.4. The van der Waals surface area contributed by atoms with E-state index in [-0.39, 0.29) is 23.7 Å². The summed E-state index contributed by atoms with van der Waals surface area (Å²) >= 11 is 0. The van der Waals surface area contributed by atoms with Crippen LogP contribution in [0.1, 0.15) is 25.3 Å². The smallest absolute Gasteiger partial charge is 0.263 e. The molecule has 6 nitrogen and oxygen atoms in total. The fourth-order valence-corrected chi connectivity index (χ4v) is 4.29. The standard InChI is InChI=1S/C20H27FN4O2/c1-13-18(14-4-7-17(27-3)16(21)12-14)23(2)25(15-5-6-15)20(26)19(13)24-10-8-22-9-11-24/h4,7,12,15,19,22H,5-6,8-11H2,1-3H3. The van der Waals surface area contributed by atoms with Gasteiger partial charge in [0.25, 0.3) is 5.91 Å². The number of rotatable bonds is 4. The highest BCUT2D eigenvalue weighted by Crippen LogP contribution is 2.39. The van der Waals surface area contributed by atoms with Gasteiger partial charge in [-0.15, -0.1) is 0 Å². The van der Waals surface area contributed by atoms with Crippen LogP contribution in [0.25, 0.3) is 5.70 Å². The van der Waals surface area contributed by atoms with E-state index in [1.165, 1.54) is 13.2 Å². The maximum atomic E-state index is 14.4. The summed E-state index contributed by atoms with van der Waals surface area (Å²) in [4.78, 5) is 15.6. The Morgan fingerprint density at radius 3 is 2.52 bits per heavy atom. The topological polar surface area (TPSA) is 48.1 Å². The van der Waals surface area contributed by atoms with E-state index in [2.05, 4.69) is 10.2 Å².